The van der Waals surface area contributed by atoms with Gasteiger partial charge in [-0.3, -0.25) is 0 Å². The molecule has 0 N–H and O–H groups in total. The van der Waals surface area contributed by atoms with Gasteiger partial charge in [-0.2, -0.15) is 0 Å². The summed E-state index contributed by atoms with van der Waals surface area (Å²) in [5.41, 5.74) is 0.687. The quantitative estimate of drug-likeness (QED) is 0.856. The Hall–Kier alpha value is -0.690. The van der Waals surface area contributed by atoms with Crippen LogP contribution in [0.3, 0.4) is 0 Å². The van der Waals surface area contributed by atoms with Gasteiger partial charge < -0.3 is 0 Å². The van der Waals surface area contributed by atoms with Crippen molar-refractivity contribution < 1.29 is 8.42 Å². The third-order valence-electron chi connectivity index (χ3n) is 1.89. The fourth-order valence-electron chi connectivity index (χ4n) is 1.11. The predicted molar refractivity (Wildman–Crippen MR) is 68.5 cm³/mol. The second-order valence-corrected chi connectivity index (χ2v) is 7.26. The maximum absolute atomic E-state index is 11.3. The van der Waals surface area contributed by atoms with E-state index in [-0.39, 0.29) is 4.34 Å². The topological polar surface area (TPSA) is 59.9 Å². The molecule has 2 rings (SSSR count). The molecule has 0 aliphatic carbocycles. The molecule has 0 aliphatic heterocycles. The summed E-state index contributed by atoms with van der Waals surface area (Å²) < 4.78 is 22.5. The van der Waals surface area contributed by atoms with Crippen molar-refractivity contribution in [1.29, 1.82) is 0 Å². The summed E-state index contributed by atoms with van der Waals surface area (Å²) >= 11 is 12.6. The van der Waals surface area contributed by atoms with Crippen LogP contribution in [-0.2, 0) is 9.84 Å². The first-order valence-corrected chi connectivity index (χ1v) is 7.83. The Morgan fingerprint density at radius 1 is 1.18 bits per heavy atom. The van der Waals surface area contributed by atoms with Crippen LogP contribution in [-0.4, -0.2) is 24.9 Å². The highest BCUT2D eigenvalue weighted by atomic mass is 35.5. The molecule has 1 aromatic carbocycles. The summed E-state index contributed by atoms with van der Waals surface area (Å²) in [6.07, 6.45) is 1.09. The van der Waals surface area contributed by atoms with Crippen LogP contribution in [0.5, 0.6) is 0 Å². The summed E-state index contributed by atoms with van der Waals surface area (Å²) in [6.45, 7) is 0. The molecule has 0 fully saturated rings. The molecule has 0 unspecified atom stereocenters. The summed E-state index contributed by atoms with van der Waals surface area (Å²) in [4.78, 5) is 0. The Labute approximate surface area is 112 Å². The molecule has 2 aromatic rings. The van der Waals surface area contributed by atoms with Gasteiger partial charge in [0.15, 0.2) is 0 Å². The van der Waals surface area contributed by atoms with Crippen LogP contribution in [0.25, 0.3) is 10.6 Å². The van der Waals surface area contributed by atoms with E-state index in [1.165, 1.54) is 0 Å². The van der Waals surface area contributed by atoms with Gasteiger partial charge in [0, 0.05) is 11.8 Å². The summed E-state index contributed by atoms with van der Waals surface area (Å²) in [5.74, 6) is 0. The molecule has 0 amide bonds. The van der Waals surface area contributed by atoms with E-state index >= 15 is 0 Å². The predicted octanol–water partition coefficient (Wildman–Crippen LogP) is 2.92. The molecule has 1 heterocycles. The van der Waals surface area contributed by atoms with Gasteiger partial charge in [-0.1, -0.05) is 40.6 Å². The van der Waals surface area contributed by atoms with Gasteiger partial charge in [0.25, 0.3) is 0 Å². The lowest BCUT2D eigenvalue weighted by Gasteiger charge is -1.97. The highest BCUT2D eigenvalue weighted by Crippen LogP contribution is 2.31. The highest BCUT2D eigenvalue weighted by molar-refractivity contribution is 7.92. The van der Waals surface area contributed by atoms with E-state index in [0.717, 1.165) is 17.6 Å². The first-order chi connectivity index (χ1) is 7.88. The van der Waals surface area contributed by atoms with Crippen molar-refractivity contribution in [2.75, 3.05) is 6.26 Å². The molecule has 17 heavy (non-hydrogen) atoms. The number of hydrogen-bond acceptors (Lipinski definition) is 5. The van der Waals surface area contributed by atoms with Gasteiger partial charge in [0.1, 0.15) is 5.01 Å². The highest BCUT2D eigenvalue weighted by Gasteiger charge is 2.15. The molecule has 0 saturated carbocycles. The van der Waals surface area contributed by atoms with Crippen LogP contribution in [0.15, 0.2) is 22.5 Å². The average Bonchev–Trinajstić information content (AvgIpc) is 2.70. The number of hydrogen-bond donors (Lipinski definition) is 0. The van der Waals surface area contributed by atoms with E-state index in [9.17, 15) is 8.42 Å². The van der Waals surface area contributed by atoms with Gasteiger partial charge in [-0.25, -0.2) is 8.42 Å². The molecule has 0 bridgehead atoms. The van der Waals surface area contributed by atoms with Crippen LogP contribution >= 0.6 is 34.5 Å². The molecule has 90 valence electrons. The maximum Gasteiger partial charge on any atom is 0.232 e. The second-order valence-electron chi connectivity index (χ2n) is 3.27. The molecule has 0 aliphatic rings. The molecule has 8 heteroatoms. The Bertz CT molecular complexity index is 667. The largest absolute Gasteiger partial charge is 0.232 e. The van der Waals surface area contributed by atoms with Crippen molar-refractivity contribution in [3.8, 4) is 10.6 Å². The second kappa shape index (κ2) is 4.53. The van der Waals surface area contributed by atoms with E-state index in [4.69, 9.17) is 23.2 Å². The first-order valence-electron chi connectivity index (χ1n) is 4.37. The van der Waals surface area contributed by atoms with Gasteiger partial charge in [0.05, 0.1) is 10.0 Å². The van der Waals surface area contributed by atoms with Crippen molar-refractivity contribution in [2.24, 2.45) is 0 Å². The van der Waals surface area contributed by atoms with Crippen LogP contribution in [0.1, 0.15) is 0 Å². The molecular weight excluding hydrogens is 303 g/mol. The maximum atomic E-state index is 11.3. The number of sulfone groups is 1. The fourth-order valence-corrected chi connectivity index (χ4v) is 3.01. The molecule has 1 aromatic heterocycles. The van der Waals surface area contributed by atoms with E-state index in [1.54, 1.807) is 18.2 Å². The monoisotopic (exact) mass is 308 g/mol. The molecule has 0 atom stereocenters. The van der Waals surface area contributed by atoms with Crippen molar-refractivity contribution in [3.05, 3.63) is 28.2 Å². The summed E-state index contributed by atoms with van der Waals surface area (Å²) in [6, 6.07) is 4.96. The standard InChI is InChI=1S/C9H6Cl2N2O2S2/c1-17(14,15)9-13-12-8(16-9)5-2-3-6(10)7(11)4-5/h2-4H,1H3. The number of benzene rings is 1. The molecule has 0 radical (unpaired) electrons. The molecular formula is C9H6Cl2N2O2S2. The van der Waals surface area contributed by atoms with Gasteiger partial charge in [-0.15, -0.1) is 10.2 Å². The Morgan fingerprint density at radius 3 is 2.41 bits per heavy atom. The summed E-state index contributed by atoms with van der Waals surface area (Å²) in [7, 11) is -3.32. The fraction of sp³-hybridized carbons (Fsp3) is 0.111. The molecule has 4 nitrogen and oxygen atoms in total. The molecule has 0 saturated heterocycles. The van der Waals surface area contributed by atoms with Crippen LogP contribution in [0.4, 0.5) is 0 Å². The molecule has 0 spiro atoms. The zero-order valence-corrected chi connectivity index (χ0v) is 11.7. The number of nitrogens with zero attached hydrogens (tertiary/aromatic N) is 2. The third-order valence-corrected chi connectivity index (χ3v) is 5.27. The van der Waals surface area contributed by atoms with E-state index < -0.39 is 9.84 Å². The lowest BCUT2D eigenvalue weighted by atomic mass is 10.2. The minimum Gasteiger partial charge on any atom is -0.221 e. The Kier molecular flexibility index (Phi) is 3.40. The minimum atomic E-state index is -3.32. The number of halogens is 2. The van der Waals surface area contributed by atoms with Gasteiger partial charge >= 0.3 is 0 Å². The van der Waals surface area contributed by atoms with Crippen molar-refractivity contribution in [3.63, 3.8) is 0 Å². The van der Waals surface area contributed by atoms with Crippen LogP contribution in [0, 0.1) is 0 Å². The normalized spacial score (nSPS) is 11.7. The summed E-state index contributed by atoms with van der Waals surface area (Å²) in [5, 5.41) is 8.74. The van der Waals surface area contributed by atoms with E-state index in [2.05, 4.69) is 10.2 Å². The lowest BCUT2D eigenvalue weighted by molar-refractivity contribution is 0.600. The van der Waals surface area contributed by atoms with Crippen LogP contribution < -0.4 is 0 Å². The minimum absolute atomic E-state index is 0.0152. The Morgan fingerprint density at radius 2 is 1.88 bits per heavy atom. The van der Waals surface area contributed by atoms with E-state index in [1.807, 2.05) is 0 Å². The lowest BCUT2D eigenvalue weighted by Crippen LogP contribution is -1.95. The van der Waals surface area contributed by atoms with Gasteiger partial charge in [0.2, 0.25) is 14.2 Å². The zero-order valence-electron chi connectivity index (χ0n) is 8.52. The van der Waals surface area contributed by atoms with Crippen molar-refractivity contribution in [2.45, 2.75) is 4.34 Å². The zero-order chi connectivity index (χ0) is 12.6. The smallest absolute Gasteiger partial charge is 0.221 e. The van der Waals surface area contributed by atoms with Crippen LogP contribution in [0.2, 0.25) is 10.0 Å². The Balaban J connectivity index is 2.47. The van der Waals surface area contributed by atoms with E-state index in [0.29, 0.717) is 20.6 Å². The third kappa shape index (κ3) is 2.77. The van der Waals surface area contributed by atoms with Gasteiger partial charge in [-0.05, 0) is 12.1 Å². The van der Waals surface area contributed by atoms with Crippen molar-refractivity contribution in [1.82, 2.24) is 10.2 Å². The first kappa shape index (κ1) is 12.8. The average molecular weight is 309 g/mol. The number of aromatic nitrogens is 2. The number of rotatable bonds is 2. The van der Waals surface area contributed by atoms with Crippen molar-refractivity contribution >= 4 is 44.4 Å². The SMILES string of the molecule is CS(=O)(=O)c1nnc(-c2ccc(Cl)c(Cl)c2)s1.